The van der Waals surface area contributed by atoms with Gasteiger partial charge in [-0.25, -0.2) is 17.5 Å². The van der Waals surface area contributed by atoms with Crippen molar-refractivity contribution >= 4 is 10.0 Å². The van der Waals surface area contributed by atoms with E-state index in [0.717, 1.165) is 22.3 Å². The van der Waals surface area contributed by atoms with Gasteiger partial charge in [0, 0.05) is 25.2 Å². The molecule has 1 heterocycles. The van der Waals surface area contributed by atoms with Crippen LogP contribution in [0, 0.1) is 26.6 Å². The summed E-state index contributed by atoms with van der Waals surface area (Å²) in [5, 5.41) is 0. The number of aryl methyl sites for hydroxylation is 3. The van der Waals surface area contributed by atoms with Gasteiger partial charge in [-0.2, -0.15) is 0 Å². The number of hydrogen-bond acceptors (Lipinski definition) is 3. The Labute approximate surface area is 160 Å². The molecule has 0 bridgehead atoms. The molecular formula is C21H26FNO3S. The summed E-state index contributed by atoms with van der Waals surface area (Å²) >= 11 is 0. The minimum Gasteiger partial charge on any atom is -0.381 e. The van der Waals surface area contributed by atoms with Gasteiger partial charge in [-0.15, -0.1) is 0 Å². The molecule has 0 amide bonds. The lowest BCUT2D eigenvalue weighted by atomic mass is 9.74. The van der Waals surface area contributed by atoms with Crippen LogP contribution in [0.4, 0.5) is 4.39 Å². The van der Waals surface area contributed by atoms with E-state index in [1.165, 1.54) is 12.1 Å². The molecule has 2 aromatic rings. The first-order valence-electron chi connectivity index (χ1n) is 9.15. The summed E-state index contributed by atoms with van der Waals surface area (Å²) in [7, 11) is -3.66. The molecule has 1 aliphatic heterocycles. The zero-order valence-electron chi connectivity index (χ0n) is 16.0. The molecule has 6 heteroatoms. The van der Waals surface area contributed by atoms with Crippen molar-refractivity contribution in [2.45, 2.75) is 43.9 Å². The average Bonchev–Trinajstić information content (AvgIpc) is 2.60. The van der Waals surface area contributed by atoms with Gasteiger partial charge in [-0.3, -0.25) is 0 Å². The number of ether oxygens (including phenoxy) is 1. The van der Waals surface area contributed by atoms with Crippen LogP contribution in [0.2, 0.25) is 0 Å². The standard InChI is InChI=1S/C21H26FNO3S/c1-15-12-16(2)20(17(3)13-15)27(24,25)23-14-21(8-10-26-11-9-21)18-4-6-19(22)7-5-18/h4-7,12-13,23H,8-11,14H2,1-3H3. The molecule has 0 radical (unpaired) electrons. The molecule has 2 aromatic carbocycles. The van der Waals surface area contributed by atoms with Crippen LogP contribution < -0.4 is 4.72 Å². The smallest absolute Gasteiger partial charge is 0.241 e. The second-order valence-corrected chi connectivity index (χ2v) is 9.16. The second-order valence-electron chi connectivity index (χ2n) is 7.45. The van der Waals surface area contributed by atoms with E-state index in [0.29, 0.717) is 31.0 Å². The fourth-order valence-electron chi connectivity index (χ4n) is 4.03. The highest BCUT2D eigenvalue weighted by molar-refractivity contribution is 7.89. The molecule has 0 aromatic heterocycles. The third-order valence-corrected chi connectivity index (χ3v) is 7.09. The average molecular weight is 392 g/mol. The molecule has 146 valence electrons. The van der Waals surface area contributed by atoms with Crippen LogP contribution in [0.5, 0.6) is 0 Å². The van der Waals surface area contributed by atoms with E-state index in [9.17, 15) is 12.8 Å². The van der Waals surface area contributed by atoms with Crippen LogP contribution in [0.3, 0.4) is 0 Å². The van der Waals surface area contributed by atoms with E-state index in [2.05, 4.69) is 4.72 Å². The topological polar surface area (TPSA) is 55.4 Å². The van der Waals surface area contributed by atoms with E-state index in [4.69, 9.17) is 4.74 Å². The van der Waals surface area contributed by atoms with Crippen molar-refractivity contribution in [3.05, 3.63) is 64.5 Å². The summed E-state index contributed by atoms with van der Waals surface area (Å²) < 4.78 is 47.8. The highest BCUT2D eigenvalue weighted by atomic mass is 32.2. The third kappa shape index (κ3) is 4.23. The van der Waals surface area contributed by atoms with Gasteiger partial charge in [-0.1, -0.05) is 29.8 Å². The number of rotatable bonds is 5. The highest BCUT2D eigenvalue weighted by Crippen LogP contribution is 2.35. The van der Waals surface area contributed by atoms with Gasteiger partial charge < -0.3 is 4.74 Å². The van der Waals surface area contributed by atoms with E-state index >= 15 is 0 Å². The minimum absolute atomic E-state index is 0.261. The van der Waals surface area contributed by atoms with Crippen LogP contribution in [0.25, 0.3) is 0 Å². The summed E-state index contributed by atoms with van der Waals surface area (Å²) in [6.07, 6.45) is 1.38. The number of nitrogens with one attached hydrogen (secondary N) is 1. The minimum atomic E-state index is -3.66. The molecule has 1 N–H and O–H groups in total. The van der Waals surface area contributed by atoms with Crippen LogP contribution in [-0.4, -0.2) is 28.2 Å². The molecule has 0 aliphatic carbocycles. The summed E-state index contributed by atoms with van der Waals surface area (Å²) in [6, 6.07) is 10.1. The van der Waals surface area contributed by atoms with E-state index in [-0.39, 0.29) is 12.4 Å². The molecule has 1 fully saturated rings. The number of benzene rings is 2. The summed E-state index contributed by atoms with van der Waals surface area (Å²) in [4.78, 5) is 0.342. The Morgan fingerprint density at radius 1 is 1.04 bits per heavy atom. The predicted octanol–water partition coefficient (Wildman–Crippen LogP) is 3.78. The SMILES string of the molecule is Cc1cc(C)c(S(=O)(=O)NCC2(c3ccc(F)cc3)CCOCC2)c(C)c1. The molecular weight excluding hydrogens is 365 g/mol. The Morgan fingerprint density at radius 3 is 2.15 bits per heavy atom. The Bertz CT molecular complexity index is 894. The summed E-state index contributed by atoms with van der Waals surface area (Å²) in [6.45, 7) is 6.97. The normalized spacial score (nSPS) is 17.0. The lowest BCUT2D eigenvalue weighted by Gasteiger charge is -2.38. The quantitative estimate of drug-likeness (QED) is 0.844. The van der Waals surface area contributed by atoms with Crippen molar-refractivity contribution in [2.75, 3.05) is 19.8 Å². The molecule has 1 aliphatic rings. The zero-order valence-corrected chi connectivity index (χ0v) is 16.8. The van der Waals surface area contributed by atoms with Crippen molar-refractivity contribution in [3.8, 4) is 0 Å². The molecule has 0 saturated carbocycles. The Hall–Kier alpha value is -1.76. The summed E-state index contributed by atoms with van der Waals surface area (Å²) in [5.74, 6) is -0.299. The van der Waals surface area contributed by atoms with E-state index in [1.807, 2.05) is 32.9 Å². The maximum atomic E-state index is 13.4. The molecule has 4 nitrogen and oxygen atoms in total. The first-order chi connectivity index (χ1) is 12.7. The zero-order chi connectivity index (χ0) is 19.7. The monoisotopic (exact) mass is 391 g/mol. The van der Waals surface area contributed by atoms with Gasteiger partial charge >= 0.3 is 0 Å². The van der Waals surface area contributed by atoms with Gasteiger partial charge in [0.25, 0.3) is 0 Å². The van der Waals surface area contributed by atoms with Crippen LogP contribution in [-0.2, 0) is 20.2 Å². The van der Waals surface area contributed by atoms with Crippen molar-refractivity contribution in [2.24, 2.45) is 0 Å². The largest absolute Gasteiger partial charge is 0.381 e. The molecule has 27 heavy (non-hydrogen) atoms. The molecule has 0 unspecified atom stereocenters. The molecule has 0 spiro atoms. The molecule has 0 atom stereocenters. The van der Waals surface area contributed by atoms with Crippen LogP contribution >= 0.6 is 0 Å². The van der Waals surface area contributed by atoms with Crippen molar-refractivity contribution < 1.29 is 17.5 Å². The first kappa shape index (κ1) is 20.0. The maximum absolute atomic E-state index is 13.4. The molecule has 1 saturated heterocycles. The number of sulfonamides is 1. The Balaban J connectivity index is 1.90. The third-order valence-electron chi connectivity index (χ3n) is 5.38. The number of halogens is 1. The van der Waals surface area contributed by atoms with Gasteiger partial charge in [-0.05, 0) is 62.4 Å². The van der Waals surface area contributed by atoms with Crippen molar-refractivity contribution in [1.29, 1.82) is 0 Å². The maximum Gasteiger partial charge on any atom is 0.241 e. The highest BCUT2D eigenvalue weighted by Gasteiger charge is 2.36. The van der Waals surface area contributed by atoms with E-state index in [1.54, 1.807) is 12.1 Å². The Morgan fingerprint density at radius 2 is 1.59 bits per heavy atom. The lowest BCUT2D eigenvalue weighted by molar-refractivity contribution is 0.0517. The van der Waals surface area contributed by atoms with E-state index < -0.39 is 15.4 Å². The predicted molar refractivity (Wildman–Crippen MR) is 104 cm³/mol. The number of hydrogen-bond donors (Lipinski definition) is 1. The van der Waals surface area contributed by atoms with Gasteiger partial charge in [0.1, 0.15) is 5.82 Å². The summed E-state index contributed by atoms with van der Waals surface area (Å²) in [5.41, 5.74) is 3.06. The van der Waals surface area contributed by atoms with Crippen molar-refractivity contribution in [3.63, 3.8) is 0 Å². The fourth-order valence-corrected chi connectivity index (χ4v) is 5.61. The molecule has 3 rings (SSSR count). The Kier molecular flexibility index (Phi) is 5.70. The van der Waals surface area contributed by atoms with Crippen LogP contribution in [0.15, 0.2) is 41.3 Å². The van der Waals surface area contributed by atoms with Gasteiger partial charge in [0.05, 0.1) is 4.90 Å². The lowest BCUT2D eigenvalue weighted by Crippen LogP contribution is -2.44. The van der Waals surface area contributed by atoms with Crippen molar-refractivity contribution in [1.82, 2.24) is 4.72 Å². The van der Waals surface area contributed by atoms with Gasteiger partial charge in [0.2, 0.25) is 10.0 Å². The van der Waals surface area contributed by atoms with Crippen LogP contribution in [0.1, 0.15) is 35.1 Å². The fraction of sp³-hybridized carbons (Fsp3) is 0.429. The second kappa shape index (κ2) is 7.70. The first-order valence-corrected chi connectivity index (χ1v) is 10.6. The van der Waals surface area contributed by atoms with Gasteiger partial charge in [0.15, 0.2) is 0 Å².